The maximum absolute atomic E-state index is 12.1. The molecule has 176 valence electrons. The zero-order valence-corrected chi connectivity index (χ0v) is 19.6. The molecule has 0 radical (unpaired) electrons. The van der Waals surface area contributed by atoms with Crippen molar-refractivity contribution in [1.29, 1.82) is 0 Å². The van der Waals surface area contributed by atoms with Gasteiger partial charge in [0.1, 0.15) is 12.1 Å². The van der Waals surface area contributed by atoms with Crippen LogP contribution < -0.4 is 10.6 Å². The van der Waals surface area contributed by atoms with Crippen LogP contribution in [0.1, 0.15) is 13.8 Å². The van der Waals surface area contributed by atoms with Gasteiger partial charge < -0.3 is 20.1 Å². The monoisotopic (exact) mass is 460 g/mol. The van der Waals surface area contributed by atoms with Gasteiger partial charge in [-0.05, 0) is 50.3 Å². The van der Waals surface area contributed by atoms with Crippen LogP contribution in [0.4, 0.5) is 11.4 Å². The number of benzene rings is 2. The number of ether oxygens (including phenoxy) is 2. The lowest BCUT2D eigenvalue weighted by molar-refractivity contribution is -0.142. The van der Waals surface area contributed by atoms with Crippen LogP contribution in [0.15, 0.2) is 94.2 Å². The van der Waals surface area contributed by atoms with Crippen molar-refractivity contribution in [3.63, 3.8) is 0 Å². The minimum absolute atomic E-state index is 0.448. The molecule has 0 spiro atoms. The molecule has 0 aliphatic heterocycles. The fourth-order valence-electron chi connectivity index (χ4n) is 3.21. The van der Waals surface area contributed by atoms with Gasteiger partial charge in [0.25, 0.3) is 0 Å². The number of nitrogens with one attached hydrogen (secondary N) is 2. The van der Waals surface area contributed by atoms with Crippen LogP contribution in [-0.4, -0.2) is 49.7 Å². The molecule has 0 amide bonds. The zero-order chi connectivity index (χ0) is 24.5. The molecule has 2 aromatic carbocycles. The predicted molar refractivity (Wildman–Crippen MR) is 134 cm³/mol. The lowest BCUT2D eigenvalue weighted by Crippen LogP contribution is -2.27. The first-order valence-corrected chi connectivity index (χ1v) is 10.8. The molecule has 2 N–H and O–H groups in total. The van der Waals surface area contributed by atoms with Crippen molar-refractivity contribution < 1.29 is 19.1 Å². The van der Waals surface area contributed by atoms with E-state index in [1.165, 1.54) is 14.2 Å². The molecule has 0 saturated carbocycles. The molecule has 0 aromatic heterocycles. The number of methoxy groups -OCH3 is 2. The Kier molecular flexibility index (Phi) is 8.34. The standard InChI is InChI=1S/C26H28N4O4/c1-17(25(31)33-3)27-21-15-24(30-20-13-9-6-10-14-20)22(28-18(2)26(32)34-4)16-23(21)29-19-11-7-5-8-12-19/h5-18,29-30H,1-4H3/t17-,18-/m1/s1. The quantitative estimate of drug-likeness (QED) is 0.456. The minimum Gasteiger partial charge on any atom is -0.467 e. The third-order valence-corrected chi connectivity index (χ3v) is 4.97. The SMILES string of the molecule is COC(=O)[C@@H](C)N=C1C=C(Nc2ccccc2)C(=N[C@H](C)C(=O)OC)C=C1Nc1ccccc1. The van der Waals surface area contributed by atoms with Crippen molar-refractivity contribution in [1.82, 2.24) is 0 Å². The lowest BCUT2D eigenvalue weighted by atomic mass is 10.0. The van der Waals surface area contributed by atoms with E-state index in [2.05, 4.69) is 20.6 Å². The predicted octanol–water partition coefficient (Wildman–Crippen LogP) is 4.00. The number of para-hydroxylation sites is 2. The Balaban J connectivity index is 2.09. The number of rotatable bonds is 8. The fraction of sp³-hybridized carbons (Fsp3) is 0.231. The summed E-state index contributed by atoms with van der Waals surface area (Å²) < 4.78 is 9.69. The van der Waals surface area contributed by atoms with E-state index >= 15 is 0 Å². The van der Waals surface area contributed by atoms with Crippen LogP contribution in [0.5, 0.6) is 0 Å². The van der Waals surface area contributed by atoms with Gasteiger partial charge in [0, 0.05) is 11.4 Å². The molecule has 0 saturated heterocycles. The molecule has 8 heteroatoms. The van der Waals surface area contributed by atoms with E-state index in [-0.39, 0.29) is 0 Å². The van der Waals surface area contributed by atoms with Crippen LogP contribution >= 0.6 is 0 Å². The highest BCUT2D eigenvalue weighted by Gasteiger charge is 2.23. The second-order valence-corrected chi connectivity index (χ2v) is 7.53. The summed E-state index contributed by atoms with van der Waals surface area (Å²) in [5.41, 5.74) is 3.98. The Morgan fingerprint density at radius 1 is 0.676 bits per heavy atom. The van der Waals surface area contributed by atoms with E-state index in [4.69, 9.17) is 9.47 Å². The third kappa shape index (κ3) is 6.41. The largest absolute Gasteiger partial charge is 0.467 e. The summed E-state index contributed by atoms with van der Waals surface area (Å²) in [5, 5.41) is 6.67. The smallest absolute Gasteiger partial charge is 0.330 e. The van der Waals surface area contributed by atoms with Crippen LogP contribution in [0.3, 0.4) is 0 Å². The average molecular weight is 461 g/mol. The first-order chi connectivity index (χ1) is 16.4. The second-order valence-electron chi connectivity index (χ2n) is 7.53. The summed E-state index contributed by atoms with van der Waals surface area (Å²) in [6.07, 6.45) is 3.58. The van der Waals surface area contributed by atoms with Gasteiger partial charge in [-0.1, -0.05) is 36.4 Å². The number of aliphatic imine (C=N–C) groups is 2. The average Bonchev–Trinajstić information content (AvgIpc) is 2.86. The van der Waals surface area contributed by atoms with E-state index in [1.54, 1.807) is 26.0 Å². The van der Waals surface area contributed by atoms with Crippen molar-refractivity contribution in [3.05, 3.63) is 84.2 Å². The molecule has 0 fully saturated rings. The summed E-state index contributed by atoms with van der Waals surface area (Å²) in [4.78, 5) is 33.3. The molecular formula is C26H28N4O4. The summed E-state index contributed by atoms with van der Waals surface area (Å²) in [6, 6.07) is 17.7. The Morgan fingerprint density at radius 3 is 1.35 bits per heavy atom. The van der Waals surface area contributed by atoms with Crippen LogP contribution in [0, 0.1) is 0 Å². The van der Waals surface area contributed by atoms with Crippen molar-refractivity contribution in [2.24, 2.45) is 9.98 Å². The van der Waals surface area contributed by atoms with Crippen LogP contribution in [0.25, 0.3) is 0 Å². The second kappa shape index (κ2) is 11.6. The maximum Gasteiger partial charge on any atom is 0.330 e. The highest BCUT2D eigenvalue weighted by atomic mass is 16.5. The van der Waals surface area contributed by atoms with Crippen molar-refractivity contribution in [2.75, 3.05) is 24.9 Å². The van der Waals surface area contributed by atoms with E-state index < -0.39 is 24.0 Å². The lowest BCUT2D eigenvalue weighted by Gasteiger charge is -2.22. The maximum atomic E-state index is 12.1. The first-order valence-electron chi connectivity index (χ1n) is 10.8. The van der Waals surface area contributed by atoms with Gasteiger partial charge in [0.2, 0.25) is 0 Å². The Labute approximate surface area is 199 Å². The number of allylic oxidation sites excluding steroid dienone is 2. The Morgan fingerprint density at radius 2 is 1.03 bits per heavy atom. The molecule has 1 aliphatic carbocycles. The van der Waals surface area contributed by atoms with Gasteiger partial charge in [0.05, 0.1) is 37.0 Å². The summed E-state index contributed by atoms with van der Waals surface area (Å²) in [5.74, 6) is -0.896. The normalized spacial score (nSPS) is 17.3. The van der Waals surface area contributed by atoms with Crippen molar-refractivity contribution in [3.8, 4) is 0 Å². The molecule has 8 nitrogen and oxygen atoms in total. The molecule has 0 heterocycles. The molecular weight excluding hydrogens is 432 g/mol. The van der Waals surface area contributed by atoms with Gasteiger partial charge in [-0.2, -0.15) is 0 Å². The number of anilines is 2. The van der Waals surface area contributed by atoms with Gasteiger partial charge in [0.15, 0.2) is 0 Å². The Bertz CT molecular complexity index is 1050. The number of esters is 2. The van der Waals surface area contributed by atoms with Gasteiger partial charge in [-0.15, -0.1) is 0 Å². The van der Waals surface area contributed by atoms with Gasteiger partial charge >= 0.3 is 11.9 Å². The highest BCUT2D eigenvalue weighted by Crippen LogP contribution is 2.21. The summed E-state index contributed by atoms with van der Waals surface area (Å²) in [6.45, 7) is 3.33. The van der Waals surface area contributed by atoms with E-state index in [9.17, 15) is 9.59 Å². The topological polar surface area (TPSA) is 101 Å². The molecule has 3 rings (SSSR count). The van der Waals surface area contributed by atoms with Crippen molar-refractivity contribution in [2.45, 2.75) is 25.9 Å². The van der Waals surface area contributed by atoms with E-state index in [0.29, 0.717) is 22.8 Å². The van der Waals surface area contributed by atoms with Crippen LogP contribution in [-0.2, 0) is 19.1 Å². The third-order valence-electron chi connectivity index (χ3n) is 4.97. The fourth-order valence-corrected chi connectivity index (χ4v) is 3.21. The van der Waals surface area contributed by atoms with E-state index in [0.717, 1.165) is 11.4 Å². The van der Waals surface area contributed by atoms with Gasteiger partial charge in [-0.25, -0.2) is 9.59 Å². The molecule has 1 aliphatic rings. The first kappa shape index (κ1) is 24.4. The number of carbonyl (C=O) groups is 2. The van der Waals surface area contributed by atoms with Crippen LogP contribution in [0.2, 0.25) is 0 Å². The molecule has 34 heavy (non-hydrogen) atoms. The number of carbonyl (C=O) groups excluding carboxylic acids is 2. The Hall–Kier alpha value is -4.20. The zero-order valence-electron chi connectivity index (χ0n) is 19.6. The van der Waals surface area contributed by atoms with E-state index in [1.807, 2.05) is 60.7 Å². The molecule has 2 aromatic rings. The number of nitrogens with zero attached hydrogens (tertiary/aromatic N) is 2. The summed E-state index contributed by atoms with van der Waals surface area (Å²) in [7, 11) is 2.66. The van der Waals surface area contributed by atoms with Gasteiger partial charge in [-0.3, -0.25) is 9.98 Å². The summed E-state index contributed by atoms with van der Waals surface area (Å²) >= 11 is 0. The number of hydrogen-bond acceptors (Lipinski definition) is 8. The van der Waals surface area contributed by atoms with Crippen molar-refractivity contribution >= 4 is 34.7 Å². The highest BCUT2D eigenvalue weighted by molar-refractivity contribution is 6.26. The number of hydrogen-bond donors (Lipinski definition) is 2. The minimum atomic E-state index is -0.720. The molecule has 0 bridgehead atoms. The molecule has 0 unspecified atom stereocenters. The molecule has 2 atom stereocenters.